The predicted molar refractivity (Wildman–Crippen MR) is 63.5 cm³/mol. The molecule has 2 fully saturated rings. The third kappa shape index (κ3) is 2.73. The van der Waals surface area contributed by atoms with Gasteiger partial charge in [0, 0.05) is 12.6 Å². The molecule has 2 rings (SSSR count). The van der Waals surface area contributed by atoms with E-state index in [2.05, 4.69) is 18.9 Å². The van der Waals surface area contributed by atoms with Gasteiger partial charge in [0.1, 0.15) is 0 Å². The van der Waals surface area contributed by atoms with Crippen molar-refractivity contribution >= 4 is 0 Å². The number of hydrogen-bond donors (Lipinski definition) is 0. The largest absolute Gasteiger partial charge is 0.303 e. The van der Waals surface area contributed by atoms with Gasteiger partial charge >= 0.3 is 0 Å². The van der Waals surface area contributed by atoms with Crippen LogP contribution in [-0.2, 0) is 0 Å². The zero-order valence-electron chi connectivity index (χ0n) is 10.4. The van der Waals surface area contributed by atoms with Crippen LogP contribution in [-0.4, -0.2) is 24.5 Å². The lowest BCUT2D eigenvalue weighted by atomic mass is 9.73. The smallest absolute Gasteiger partial charge is 0.00667 e. The standard InChI is InChI=1S/C11H21N.C2H6/c1-9-7-10-5-3-4-6-11(10)8-12(9)2;1-2/h9-11H,3-8H2,1-2H3;1-2H3. The molecular formula is C13H27N. The van der Waals surface area contributed by atoms with Gasteiger partial charge in [-0.25, -0.2) is 0 Å². The molecule has 0 aromatic heterocycles. The lowest BCUT2D eigenvalue weighted by molar-refractivity contribution is 0.0650. The first kappa shape index (κ1) is 12.0. The first-order valence-electron chi connectivity index (χ1n) is 6.47. The van der Waals surface area contributed by atoms with Crippen LogP contribution < -0.4 is 0 Å². The first-order chi connectivity index (χ1) is 6.77. The van der Waals surface area contributed by atoms with Crippen molar-refractivity contribution < 1.29 is 0 Å². The van der Waals surface area contributed by atoms with Gasteiger partial charge in [-0.3, -0.25) is 0 Å². The fraction of sp³-hybridized carbons (Fsp3) is 1.00. The second-order valence-electron chi connectivity index (χ2n) is 4.83. The summed E-state index contributed by atoms with van der Waals surface area (Å²) in [6, 6.07) is 0.837. The van der Waals surface area contributed by atoms with Gasteiger partial charge in [0.15, 0.2) is 0 Å². The molecule has 3 unspecified atom stereocenters. The SMILES string of the molecule is CC.CC1CC2CCCCC2CN1C. The summed E-state index contributed by atoms with van der Waals surface area (Å²) in [5.41, 5.74) is 0. The summed E-state index contributed by atoms with van der Waals surface area (Å²) in [4.78, 5) is 2.55. The number of hydrogen-bond acceptors (Lipinski definition) is 1. The molecule has 1 saturated heterocycles. The molecule has 84 valence electrons. The molecule has 3 atom stereocenters. The van der Waals surface area contributed by atoms with Crippen LogP contribution in [0.5, 0.6) is 0 Å². The number of nitrogens with zero attached hydrogens (tertiary/aromatic N) is 1. The van der Waals surface area contributed by atoms with E-state index in [1.807, 2.05) is 13.8 Å². The van der Waals surface area contributed by atoms with Crippen LogP contribution in [0.25, 0.3) is 0 Å². The number of piperidine rings is 1. The molecule has 1 nitrogen and oxygen atoms in total. The van der Waals surface area contributed by atoms with E-state index in [4.69, 9.17) is 0 Å². The second kappa shape index (κ2) is 5.75. The van der Waals surface area contributed by atoms with Crippen LogP contribution in [0.4, 0.5) is 0 Å². The Balaban J connectivity index is 0.000000461. The zero-order chi connectivity index (χ0) is 10.6. The van der Waals surface area contributed by atoms with Crippen LogP contribution >= 0.6 is 0 Å². The Morgan fingerprint density at radius 3 is 2.21 bits per heavy atom. The molecule has 1 aliphatic carbocycles. The quantitative estimate of drug-likeness (QED) is 0.574. The monoisotopic (exact) mass is 197 g/mol. The normalized spacial score (nSPS) is 38.1. The average molecular weight is 197 g/mol. The molecule has 1 saturated carbocycles. The summed E-state index contributed by atoms with van der Waals surface area (Å²) in [7, 11) is 2.29. The van der Waals surface area contributed by atoms with E-state index in [9.17, 15) is 0 Å². The predicted octanol–water partition coefficient (Wildman–Crippen LogP) is 3.54. The highest BCUT2D eigenvalue weighted by molar-refractivity contribution is 4.85. The van der Waals surface area contributed by atoms with Crippen LogP contribution in [0.3, 0.4) is 0 Å². The summed E-state index contributed by atoms with van der Waals surface area (Å²) < 4.78 is 0. The molecule has 2 aliphatic rings. The molecule has 1 heterocycles. The molecule has 0 aromatic carbocycles. The van der Waals surface area contributed by atoms with E-state index in [1.54, 1.807) is 0 Å². The molecule has 1 aliphatic heterocycles. The van der Waals surface area contributed by atoms with E-state index >= 15 is 0 Å². The van der Waals surface area contributed by atoms with Crippen molar-refractivity contribution in [2.75, 3.05) is 13.6 Å². The van der Waals surface area contributed by atoms with Crippen LogP contribution in [0.1, 0.15) is 52.9 Å². The summed E-state index contributed by atoms with van der Waals surface area (Å²) in [5.74, 6) is 2.12. The van der Waals surface area contributed by atoms with Gasteiger partial charge in [-0.15, -0.1) is 0 Å². The highest BCUT2D eigenvalue weighted by Gasteiger charge is 2.32. The molecule has 14 heavy (non-hydrogen) atoms. The molecule has 0 amide bonds. The number of likely N-dealkylation sites (tertiary alicyclic amines) is 1. The minimum Gasteiger partial charge on any atom is -0.303 e. The molecule has 0 spiro atoms. The van der Waals surface area contributed by atoms with E-state index < -0.39 is 0 Å². The molecule has 1 heteroatoms. The van der Waals surface area contributed by atoms with Gasteiger partial charge in [0.2, 0.25) is 0 Å². The van der Waals surface area contributed by atoms with Crippen LogP contribution in [0, 0.1) is 11.8 Å². The summed E-state index contributed by atoms with van der Waals surface area (Å²) in [6.45, 7) is 7.75. The first-order valence-corrected chi connectivity index (χ1v) is 6.47. The summed E-state index contributed by atoms with van der Waals surface area (Å²) in [5, 5.41) is 0. The van der Waals surface area contributed by atoms with Gasteiger partial charge in [-0.2, -0.15) is 0 Å². The maximum absolute atomic E-state index is 2.55. The Morgan fingerprint density at radius 2 is 1.57 bits per heavy atom. The fourth-order valence-electron chi connectivity index (χ4n) is 3.00. The van der Waals surface area contributed by atoms with Crippen molar-refractivity contribution in [3.63, 3.8) is 0 Å². The van der Waals surface area contributed by atoms with Gasteiger partial charge in [0.25, 0.3) is 0 Å². The minimum atomic E-state index is 0.837. The number of rotatable bonds is 0. The van der Waals surface area contributed by atoms with Gasteiger partial charge in [-0.1, -0.05) is 33.1 Å². The van der Waals surface area contributed by atoms with Gasteiger partial charge in [-0.05, 0) is 38.6 Å². The molecule has 0 N–H and O–H groups in total. The summed E-state index contributed by atoms with van der Waals surface area (Å²) >= 11 is 0. The van der Waals surface area contributed by atoms with E-state index in [0.29, 0.717) is 0 Å². The molecule has 0 radical (unpaired) electrons. The number of fused-ring (bicyclic) bond motifs is 1. The van der Waals surface area contributed by atoms with Crippen molar-refractivity contribution in [1.82, 2.24) is 4.90 Å². The van der Waals surface area contributed by atoms with Gasteiger partial charge in [0.05, 0.1) is 0 Å². The lowest BCUT2D eigenvalue weighted by Gasteiger charge is -2.43. The zero-order valence-corrected chi connectivity index (χ0v) is 10.4. The Labute approximate surface area is 89.9 Å². The molecule has 0 aromatic rings. The Hall–Kier alpha value is -0.0400. The Kier molecular flexibility index (Phi) is 4.94. The second-order valence-corrected chi connectivity index (χ2v) is 4.83. The van der Waals surface area contributed by atoms with Crippen molar-refractivity contribution in [2.45, 2.75) is 58.9 Å². The maximum Gasteiger partial charge on any atom is 0.00667 e. The lowest BCUT2D eigenvalue weighted by Crippen LogP contribution is -2.44. The highest BCUT2D eigenvalue weighted by atomic mass is 15.1. The van der Waals surface area contributed by atoms with Crippen molar-refractivity contribution in [3.05, 3.63) is 0 Å². The average Bonchev–Trinajstić information content (AvgIpc) is 2.23. The fourth-order valence-corrected chi connectivity index (χ4v) is 3.00. The molecular weight excluding hydrogens is 170 g/mol. The van der Waals surface area contributed by atoms with Crippen molar-refractivity contribution in [3.8, 4) is 0 Å². The third-order valence-corrected chi connectivity index (χ3v) is 3.99. The van der Waals surface area contributed by atoms with E-state index in [0.717, 1.165) is 17.9 Å². The highest BCUT2D eigenvalue weighted by Crippen LogP contribution is 2.37. The topological polar surface area (TPSA) is 3.24 Å². The van der Waals surface area contributed by atoms with Gasteiger partial charge < -0.3 is 4.90 Å². The van der Waals surface area contributed by atoms with Crippen LogP contribution in [0.15, 0.2) is 0 Å². The van der Waals surface area contributed by atoms with Crippen molar-refractivity contribution in [2.24, 2.45) is 11.8 Å². The van der Waals surface area contributed by atoms with E-state index in [1.165, 1.54) is 38.6 Å². The maximum atomic E-state index is 2.55. The van der Waals surface area contributed by atoms with E-state index in [-0.39, 0.29) is 0 Å². The van der Waals surface area contributed by atoms with Crippen LogP contribution in [0.2, 0.25) is 0 Å². The molecule has 0 bridgehead atoms. The summed E-state index contributed by atoms with van der Waals surface area (Å²) in [6.07, 6.45) is 7.47. The van der Waals surface area contributed by atoms with Crippen molar-refractivity contribution in [1.29, 1.82) is 0 Å². The Morgan fingerprint density at radius 1 is 1.00 bits per heavy atom. The third-order valence-electron chi connectivity index (χ3n) is 3.99. The Bertz CT molecular complexity index is 137. The minimum absolute atomic E-state index is 0.837.